The molecule has 0 aliphatic heterocycles. The van der Waals surface area contributed by atoms with Gasteiger partial charge in [-0.15, -0.1) is 0 Å². The highest BCUT2D eigenvalue weighted by Gasteiger charge is 2.26. The molecule has 10 heteroatoms. The van der Waals surface area contributed by atoms with Crippen molar-refractivity contribution in [1.29, 1.82) is 0 Å². The number of carbonyl (C=O) groups excluding carboxylic acids is 2. The number of allylic oxidation sites excluding steroid dienone is 24. The maximum Gasteiger partial charge on any atom is 0.472 e. The van der Waals surface area contributed by atoms with Gasteiger partial charge in [-0.2, -0.15) is 0 Å². The Morgan fingerprint density at radius 2 is 0.612 bits per heavy atom. The van der Waals surface area contributed by atoms with E-state index in [9.17, 15) is 19.0 Å². The van der Waals surface area contributed by atoms with Crippen LogP contribution in [0.1, 0.15) is 284 Å². The molecule has 0 heterocycles. The molecule has 0 aromatic rings. The van der Waals surface area contributed by atoms with Crippen LogP contribution in [0.4, 0.5) is 0 Å². The number of phosphoric ester groups is 1. The standard InChI is InChI=1S/C75H126NO8P/c1-3-5-7-9-11-13-15-17-19-21-23-25-27-29-31-32-33-34-35-36-37-38-39-40-42-43-45-47-49-51-53-55-57-59-61-63-65-67-74(77)81-71-73(72-83-85(79,80)82-70-69-76)84-75(78)68-66-64-62-60-58-56-54-52-50-48-46-44-41-30-28-26-24-22-20-18-16-14-12-10-8-6-4-2/h5-8,11-14,17-20,23-26,30,41,46,48,52,54,58,60,73H,3-4,9-10,15-16,21-22,27-29,31-40,42-45,47,49-51,53,55-57,59,61-72,76H2,1-2H3,(H,79,80)/b7-5-,8-6-,13-11-,14-12-,19-17-,20-18-,25-23-,26-24-,41-30-,48-46-,54-52-,60-58-. The van der Waals surface area contributed by atoms with Crippen LogP contribution in [0.25, 0.3) is 0 Å². The molecule has 85 heavy (non-hydrogen) atoms. The minimum Gasteiger partial charge on any atom is -0.462 e. The van der Waals surface area contributed by atoms with Gasteiger partial charge in [0.05, 0.1) is 13.2 Å². The molecule has 0 aliphatic carbocycles. The molecular weight excluding hydrogens is 1070 g/mol. The average Bonchev–Trinajstić information content (AvgIpc) is 3.53. The Hall–Kier alpha value is -4.11. The van der Waals surface area contributed by atoms with Crippen molar-refractivity contribution in [1.82, 2.24) is 0 Å². The summed E-state index contributed by atoms with van der Waals surface area (Å²) in [7, 11) is -4.41. The molecule has 0 aromatic heterocycles. The van der Waals surface area contributed by atoms with Gasteiger partial charge in [-0.1, -0.05) is 301 Å². The summed E-state index contributed by atoms with van der Waals surface area (Å²) >= 11 is 0. The monoisotopic (exact) mass is 1200 g/mol. The number of esters is 2. The van der Waals surface area contributed by atoms with E-state index in [1.54, 1.807) is 0 Å². The first-order valence-corrected chi connectivity index (χ1v) is 35.8. The maximum atomic E-state index is 12.7. The number of hydrogen-bond acceptors (Lipinski definition) is 8. The van der Waals surface area contributed by atoms with Gasteiger partial charge in [0.1, 0.15) is 6.61 Å². The Morgan fingerprint density at radius 3 is 0.929 bits per heavy atom. The Bertz CT molecular complexity index is 1900. The summed E-state index contributed by atoms with van der Waals surface area (Å²) in [6, 6.07) is 0. The quantitative estimate of drug-likeness (QED) is 0.0264. The minimum atomic E-state index is -4.41. The first-order valence-electron chi connectivity index (χ1n) is 34.3. The van der Waals surface area contributed by atoms with E-state index in [4.69, 9.17) is 24.3 Å². The van der Waals surface area contributed by atoms with Gasteiger partial charge in [-0.3, -0.25) is 18.6 Å². The lowest BCUT2D eigenvalue weighted by atomic mass is 10.0. The first-order chi connectivity index (χ1) is 41.8. The molecule has 2 unspecified atom stereocenters. The fourth-order valence-electron chi connectivity index (χ4n) is 9.23. The molecule has 9 nitrogen and oxygen atoms in total. The van der Waals surface area contributed by atoms with Crippen molar-refractivity contribution >= 4 is 19.8 Å². The third-order valence-corrected chi connectivity index (χ3v) is 15.2. The average molecular weight is 1200 g/mol. The molecule has 0 spiro atoms. The zero-order valence-corrected chi connectivity index (χ0v) is 55.2. The number of hydrogen-bond donors (Lipinski definition) is 2. The molecule has 0 aromatic carbocycles. The predicted octanol–water partition coefficient (Wildman–Crippen LogP) is 22.6. The van der Waals surface area contributed by atoms with Crippen molar-refractivity contribution in [2.75, 3.05) is 26.4 Å². The van der Waals surface area contributed by atoms with E-state index < -0.39 is 32.5 Å². The van der Waals surface area contributed by atoms with Crippen molar-refractivity contribution in [2.45, 2.75) is 290 Å². The molecule has 0 radical (unpaired) electrons. The summed E-state index contributed by atoms with van der Waals surface area (Å²) in [5.74, 6) is -0.879. The summed E-state index contributed by atoms with van der Waals surface area (Å²) < 4.78 is 33.1. The van der Waals surface area contributed by atoms with E-state index in [1.165, 1.54) is 141 Å². The highest BCUT2D eigenvalue weighted by Crippen LogP contribution is 2.43. The van der Waals surface area contributed by atoms with Gasteiger partial charge in [0.25, 0.3) is 0 Å². The SMILES string of the molecule is CC/C=C\C/C=C\C/C=C\C/C=C\C/C=C\C/C=C\C/C=C\C/C=C\CCCCC(=O)OC(COC(=O)CCCCCCCCCCCCCCCCCCCCCCCCCC/C=C\C/C=C\C/C=C\C/C=C\CC)COP(=O)(O)OCCN. The molecule has 0 saturated heterocycles. The van der Waals surface area contributed by atoms with Crippen LogP contribution in [0, 0.1) is 0 Å². The van der Waals surface area contributed by atoms with Crippen LogP contribution in [0.5, 0.6) is 0 Å². The number of phosphoric acid groups is 1. The molecular formula is C75H126NO8P. The number of ether oxygens (including phenoxy) is 2. The molecule has 0 aliphatic rings. The molecule has 2 atom stereocenters. The van der Waals surface area contributed by atoms with Gasteiger partial charge < -0.3 is 20.1 Å². The number of unbranched alkanes of at least 4 members (excludes halogenated alkanes) is 26. The summed E-state index contributed by atoms with van der Waals surface area (Å²) in [4.78, 5) is 35.3. The summed E-state index contributed by atoms with van der Waals surface area (Å²) in [5.41, 5.74) is 5.39. The highest BCUT2D eigenvalue weighted by molar-refractivity contribution is 7.47. The fraction of sp³-hybridized carbons (Fsp3) is 0.653. The summed E-state index contributed by atoms with van der Waals surface area (Å²) in [5, 5.41) is 0. The van der Waals surface area contributed by atoms with Crippen molar-refractivity contribution in [3.63, 3.8) is 0 Å². The smallest absolute Gasteiger partial charge is 0.462 e. The van der Waals surface area contributed by atoms with Gasteiger partial charge >= 0.3 is 19.8 Å². The van der Waals surface area contributed by atoms with Crippen LogP contribution in [0.15, 0.2) is 146 Å². The Balaban J connectivity index is 3.93. The van der Waals surface area contributed by atoms with Gasteiger partial charge in [-0.05, 0) is 116 Å². The van der Waals surface area contributed by atoms with E-state index in [0.29, 0.717) is 6.42 Å². The zero-order valence-electron chi connectivity index (χ0n) is 54.3. The van der Waals surface area contributed by atoms with Crippen LogP contribution in [0.2, 0.25) is 0 Å². The third kappa shape index (κ3) is 68.9. The van der Waals surface area contributed by atoms with Crippen LogP contribution >= 0.6 is 7.82 Å². The molecule has 3 N–H and O–H groups in total. The van der Waals surface area contributed by atoms with E-state index in [1.807, 2.05) is 0 Å². The van der Waals surface area contributed by atoms with Crippen LogP contribution < -0.4 is 5.73 Å². The lowest BCUT2D eigenvalue weighted by Crippen LogP contribution is -2.29. The molecule has 0 fully saturated rings. The van der Waals surface area contributed by atoms with Gasteiger partial charge in [0.2, 0.25) is 0 Å². The minimum absolute atomic E-state index is 0.0400. The molecule has 0 bridgehead atoms. The Labute approximate surface area is 522 Å². The molecule has 0 rings (SSSR count). The maximum absolute atomic E-state index is 12.7. The molecule has 0 saturated carbocycles. The molecule has 484 valence electrons. The number of rotatable bonds is 63. The van der Waals surface area contributed by atoms with Crippen LogP contribution in [-0.4, -0.2) is 49.3 Å². The van der Waals surface area contributed by atoms with Crippen molar-refractivity contribution in [3.8, 4) is 0 Å². The van der Waals surface area contributed by atoms with Gasteiger partial charge in [0, 0.05) is 19.4 Å². The summed E-state index contributed by atoms with van der Waals surface area (Å²) in [6.07, 6.45) is 99.5. The second-order valence-electron chi connectivity index (χ2n) is 22.3. The van der Waals surface area contributed by atoms with E-state index in [-0.39, 0.29) is 32.6 Å². The van der Waals surface area contributed by atoms with E-state index >= 15 is 0 Å². The normalized spacial score (nSPS) is 13.9. The fourth-order valence-corrected chi connectivity index (χ4v) is 10.00. The summed E-state index contributed by atoms with van der Waals surface area (Å²) in [6.45, 7) is 3.48. The number of carbonyl (C=O) groups is 2. The largest absolute Gasteiger partial charge is 0.472 e. The lowest BCUT2D eigenvalue weighted by Gasteiger charge is -2.19. The molecule has 0 amide bonds. The predicted molar refractivity (Wildman–Crippen MR) is 367 cm³/mol. The van der Waals surface area contributed by atoms with Gasteiger partial charge in [0.15, 0.2) is 6.10 Å². The van der Waals surface area contributed by atoms with Crippen LogP contribution in [-0.2, 0) is 32.7 Å². The Kier molecular flexibility index (Phi) is 65.7. The van der Waals surface area contributed by atoms with Gasteiger partial charge in [-0.25, -0.2) is 4.57 Å². The second-order valence-corrected chi connectivity index (χ2v) is 23.7. The first kappa shape index (κ1) is 80.9. The second kappa shape index (κ2) is 69.0. The van der Waals surface area contributed by atoms with E-state index in [2.05, 4.69) is 160 Å². The number of nitrogens with two attached hydrogens (primary N) is 1. The zero-order chi connectivity index (χ0) is 61.6. The van der Waals surface area contributed by atoms with Crippen molar-refractivity contribution < 1.29 is 37.6 Å². The Morgan fingerprint density at radius 1 is 0.353 bits per heavy atom. The van der Waals surface area contributed by atoms with Crippen molar-refractivity contribution in [3.05, 3.63) is 146 Å². The topological polar surface area (TPSA) is 134 Å². The van der Waals surface area contributed by atoms with Crippen molar-refractivity contribution in [2.24, 2.45) is 5.73 Å². The van der Waals surface area contributed by atoms with Crippen LogP contribution in [0.3, 0.4) is 0 Å². The van der Waals surface area contributed by atoms with E-state index in [0.717, 1.165) is 109 Å². The lowest BCUT2D eigenvalue weighted by molar-refractivity contribution is -0.161. The highest BCUT2D eigenvalue weighted by atomic mass is 31.2. The third-order valence-electron chi connectivity index (χ3n) is 14.2.